The van der Waals surface area contributed by atoms with Gasteiger partial charge in [-0.3, -0.25) is 0 Å². The third kappa shape index (κ3) is 1.66. The number of benzene rings is 2. The molecule has 0 aromatic heterocycles. The van der Waals surface area contributed by atoms with Crippen molar-refractivity contribution in [3.05, 3.63) is 48.0 Å². The predicted octanol–water partition coefficient (Wildman–Crippen LogP) is 3.59. The molecule has 2 aromatic carbocycles. The van der Waals surface area contributed by atoms with Crippen molar-refractivity contribution >= 4 is 29.1 Å². The summed E-state index contributed by atoms with van der Waals surface area (Å²) in [7, 11) is 0. The summed E-state index contributed by atoms with van der Waals surface area (Å²) in [5.74, 6) is -0.893. The van der Waals surface area contributed by atoms with Crippen molar-refractivity contribution in [1.82, 2.24) is 0 Å². The number of para-hydroxylation sites is 1. The van der Waals surface area contributed by atoms with E-state index < -0.39 is 5.97 Å². The highest BCUT2D eigenvalue weighted by molar-refractivity contribution is 7.99. The molecule has 0 atom stereocenters. The van der Waals surface area contributed by atoms with Crippen LogP contribution >= 0.6 is 11.8 Å². The van der Waals surface area contributed by atoms with Gasteiger partial charge in [-0.25, -0.2) is 4.79 Å². The van der Waals surface area contributed by atoms with Gasteiger partial charge >= 0.3 is 5.97 Å². The predicted molar refractivity (Wildman–Crippen MR) is 67.2 cm³/mol. The topological polar surface area (TPSA) is 49.3 Å². The fourth-order valence-electron chi connectivity index (χ4n) is 1.83. The molecule has 0 unspecified atom stereocenters. The first-order valence-electron chi connectivity index (χ1n) is 5.16. The van der Waals surface area contributed by atoms with E-state index in [0.29, 0.717) is 5.56 Å². The highest BCUT2D eigenvalue weighted by atomic mass is 32.2. The van der Waals surface area contributed by atoms with Crippen LogP contribution in [-0.4, -0.2) is 11.1 Å². The van der Waals surface area contributed by atoms with Crippen LogP contribution in [0.2, 0.25) is 0 Å². The van der Waals surface area contributed by atoms with Crippen molar-refractivity contribution in [2.45, 2.75) is 9.79 Å². The summed E-state index contributed by atoms with van der Waals surface area (Å²) in [5.41, 5.74) is 2.22. The van der Waals surface area contributed by atoms with E-state index in [0.717, 1.165) is 21.2 Å². The number of fused-ring (bicyclic) bond motifs is 2. The Morgan fingerprint density at radius 2 is 1.82 bits per heavy atom. The molecule has 4 heteroatoms. The number of carboxylic acid groups (broad SMARTS) is 1. The van der Waals surface area contributed by atoms with Gasteiger partial charge < -0.3 is 10.4 Å². The molecule has 84 valence electrons. The fourth-order valence-corrected chi connectivity index (χ4v) is 2.92. The number of carbonyl (C=O) groups is 1. The van der Waals surface area contributed by atoms with E-state index in [1.807, 2.05) is 30.3 Å². The van der Waals surface area contributed by atoms with Crippen molar-refractivity contribution in [3.8, 4) is 0 Å². The number of carboxylic acids is 1. The van der Waals surface area contributed by atoms with Gasteiger partial charge in [0.05, 0.1) is 21.8 Å². The molecule has 0 aliphatic carbocycles. The Balaban J connectivity index is 2.15. The molecule has 1 heterocycles. The molecular formula is C13H9NO2S. The molecule has 0 radical (unpaired) electrons. The van der Waals surface area contributed by atoms with Crippen molar-refractivity contribution in [2.75, 3.05) is 5.32 Å². The van der Waals surface area contributed by atoms with E-state index >= 15 is 0 Å². The SMILES string of the molecule is O=C(O)c1cccc2c1Sc1ccccc1N2. The third-order valence-corrected chi connectivity index (χ3v) is 3.83. The lowest BCUT2D eigenvalue weighted by atomic mass is 10.2. The second-order valence-corrected chi connectivity index (χ2v) is 4.76. The van der Waals surface area contributed by atoms with Gasteiger partial charge in [-0.1, -0.05) is 30.0 Å². The number of hydrogen-bond donors (Lipinski definition) is 2. The second-order valence-electron chi connectivity index (χ2n) is 3.71. The Hall–Kier alpha value is -1.94. The van der Waals surface area contributed by atoms with Gasteiger partial charge in [0.15, 0.2) is 0 Å². The van der Waals surface area contributed by atoms with E-state index in [1.54, 1.807) is 12.1 Å². The molecule has 0 bridgehead atoms. The average Bonchev–Trinajstić information content (AvgIpc) is 2.35. The van der Waals surface area contributed by atoms with Crippen LogP contribution in [0.5, 0.6) is 0 Å². The maximum atomic E-state index is 11.1. The van der Waals surface area contributed by atoms with Crippen molar-refractivity contribution in [1.29, 1.82) is 0 Å². The van der Waals surface area contributed by atoms with Gasteiger partial charge in [-0.15, -0.1) is 0 Å². The molecule has 0 amide bonds. The first-order chi connectivity index (χ1) is 8.25. The Labute approximate surface area is 102 Å². The Bertz CT molecular complexity index is 610. The molecule has 2 N–H and O–H groups in total. The largest absolute Gasteiger partial charge is 0.478 e. The van der Waals surface area contributed by atoms with E-state index in [2.05, 4.69) is 5.32 Å². The van der Waals surface area contributed by atoms with Gasteiger partial charge in [0.25, 0.3) is 0 Å². The van der Waals surface area contributed by atoms with Crippen LogP contribution in [0, 0.1) is 0 Å². The highest BCUT2D eigenvalue weighted by Gasteiger charge is 2.20. The number of rotatable bonds is 1. The van der Waals surface area contributed by atoms with Crippen LogP contribution in [0.3, 0.4) is 0 Å². The lowest BCUT2D eigenvalue weighted by Crippen LogP contribution is -2.05. The van der Waals surface area contributed by atoms with E-state index in [1.165, 1.54) is 11.8 Å². The quantitative estimate of drug-likeness (QED) is 0.685. The summed E-state index contributed by atoms with van der Waals surface area (Å²) < 4.78 is 0. The summed E-state index contributed by atoms with van der Waals surface area (Å²) in [5, 5.41) is 12.4. The minimum absolute atomic E-state index is 0.342. The van der Waals surface area contributed by atoms with Crippen LogP contribution in [0.4, 0.5) is 11.4 Å². The Morgan fingerprint density at radius 1 is 1.06 bits per heavy atom. The molecule has 0 fully saturated rings. The van der Waals surface area contributed by atoms with Gasteiger partial charge in [0.2, 0.25) is 0 Å². The number of aromatic carboxylic acids is 1. The minimum Gasteiger partial charge on any atom is -0.478 e. The number of hydrogen-bond acceptors (Lipinski definition) is 3. The van der Waals surface area contributed by atoms with Crippen LogP contribution in [0.1, 0.15) is 10.4 Å². The van der Waals surface area contributed by atoms with Crippen LogP contribution in [0.15, 0.2) is 52.3 Å². The zero-order chi connectivity index (χ0) is 11.8. The maximum Gasteiger partial charge on any atom is 0.336 e. The fraction of sp³-hybridized carbons (Fsp3) is 0. The second kappa shape index (κ2) is 3.82. The molecule has 0 saturated carbocycles. The molecule has 1 aliphatic rings. The molecule has 0 saturated heterocycles. The summed E-state index contributed by atoms with van der Waals surface area (Å²) in [6.45, 7) is 0. The van der Waals surface area contributed by atoms with E-state index in [-0.39, 0.29) is 0 Å². The van der Waals surface area contributed by atoms with E-state index in [4.69, 9.17) is 5.11 Å². The summed E-state index contributed by atoms with van der Waals surface area (Å²) in [6.07, 6.45) is 0. The smallest absolute Gasteiger partial charge is 0.336 e. The lowest BCUT2D eigenvalue weighted by molar-refractivity contribution is 0.0693. The molecule has 0 spiro atoms. The van der Waals surface area contributed by atoms with Crippen LogP contribution in [0.25, 0.3) is 0 Å². The zero-order valence-electron chi connectivity index (χ0n) is 8.81. The summed E-state index contributed by atoms with van der Waals surface area (Å²) >= 11 is 1.49. The normalized spacial score (nSPS) is 12.2. The van der Waals surface area contributed by atoms with Crippen molar-refractivity contribution in [3.63, 3.8) is 0 Å². The molecule has 2 aromatic rings. The van der Waals surface area contributed by atoms with Gasteiger partial charge in [0.1, 0.15) is 0 Å². The lowest BCUT2D eigenvalue weighted by Gasteiger charge is -2.21. The van der Waals surface area contributed by atoms with Crippen molar-refractivity contribution in [2.24, 2.45) is 0 Å². The van der Waals surface area contributed by atoms with Gasteiger partial charge in [0, 0.05) is 4.90 Å². The Morgan fingerprint density at radius 3 is 2.65 bits per heavy atom. The van der Waals surface area contributed by atoms with Gasteiger partial charge in [-0.05, 0) is 24.3 Å². The molecule has 3 nitrogen and oxygen atoms in total. The zero-order valence-corrected chi connectivity index (χ0v) is 9.62. The number of anilines is 2. The summed E-state index contributed by atoms with van der Waals surface area (Å²) in [6, 6.07) is 13.1. The minimum atomic E-state index is -0.893. The monoisotopic (exact) mass is 243 g/mol. The first-order valence-corrected chi connectivity index (χ1v) is 5.97. The van der Waals surface area contributed by atoms with Crippen LogP contribution in [-0.2, 0) is 0 Å². The van der Waals surface area contributed by atoms with Crippen LogP contribution < -0.4 is 5.32 Å². The number of nitrogens with one attached hydrogen (secondary N) is 1. The Kier molecular flexibility index (Phi) is 2.30. The molecule has 1 aliphatic heterocycles. The molecular weight excluding hydrogens is 234 g/mol. The molecule has 3 rings (SSSR count). The molecule has 17 heavy (non-hydrogen) atoms. The standard InChI is InChI=1S/C13H9NO2S/c15-13(16)8-4-3-6-10-12(8)17-11-7-2-1-5-9(11)14-10/h1-7,14H,(H,15,16). The summed E-state index contributed by atoms with van der Waals surface area (Å²) in [4.78, 5) is 13.0. The van der Waals surface area contributed by atoms with Gasteiger partial charge in [-0.2, -0.15) is 0 Å². The van der Waals surface area contributed by atoms with Crippen molar-refractivity contribution < 1.29 is 9.90 Å². The highest BCUT2D eigenvalue weighted by Crippen LogP contribution is 2.45. The first kappa shape index (κ1) is 10.2. The third-order valence-electron chi connectivity index (χ3n) is 2.61. The van der Waals surface area contributed by atoms with E-state index in [9.17, 15) is 4.79 Å². The maximum absolute atomic E-state index is 11.1. The average molecular weight is 243 g/mol.